The van der Waals surface area contributed by atoms with Gasteiger partial charge in [-0.15, -0.1) is 0 Å². The van der Waals surface area contributed by atoms with E-state index in [4.69, 9.17) is 28.9 Å². The molecule has 4 nitrogen and oxygen atoms in total. The molecule has 0 radical (unpaired) electrons. The third-order valence-corrected chi connectivity index (χ3v) is 2.07. The second-order valence-electron chi connectivity index (χ2n) is 2.11. The van der Waals surface area contributed by atoms with E-state index in [1.165, 1.54) is 12.3 Å². The summed E-state index contributed by atoms with van der Waals surface area (Å²) in [5.41, 5.74) is 4.95. The van der Waals surface area contributed by atoms with Gasteiger partial charge in [0, 0.05) is 6.20 Å². The van der Waals surface area contributed by atoms with Gasteiger partial charge in [-0.05, 0) is 6.07 Å². The van der Waals surface area contributed by atoms with Crippen LogP contribution in [0.25, 0.3) is 0 Å². The van der Waals surface area contributed by atoms with Gasteiger partial charge in [-0.2, -0.15) is 0 Å². The Bertz CT molecular complexity index is 347. The number of hydrogen-bond acceptors (Lipinski definition) is 3. The molecule has 0 saturated carbocycles. The molecule has 70 valence electrons. The van der Waals surface area contributed by atoms with E-state index in [1.807, 2.05) is 0 Å². The number of halogens is 2. The van der Waals surface area contributed by atoms with Crippen molar-refractivity contribution in [3.63, 3.8) is 0 Å². The average molecular weight is 238 g/mol. The van der Waals surface area contributed by atoms with E-state index in [1.54, 1.807) is 0 Å². The summed E-state index contributed by atoms with van der Waals surface area (Å²) >= 11 is 15.1. The fraction of sp³-hybridized carbons (Fsp3) is 0. The molecule has 0 unspecified atom stereocenters. The van der Waals surface area contributed by atoms with E-state index in [0.29, 0.717) is 5.02 Å². The first-order valence-electron chi connectivity index (χ1n) is 3.12. The number of carbonyl (C=O) groups is 1. The number of pyridine rings is 1. The van der Waals surface area contributed by atoms with Gasteiger partial charge in [0.25, 0.3) is 0 Å². The zero-order valence-corrected chi connectivity index (χ0v) is 8.64. The molecular formula is C6H5Cl2N3OS. The van der Waals surface area contributed by atoms with E-state index in [9.17, 15) is 4.79 Å². The Morgan fingerprint density at radius 1 is 1.62 bits per heavy atom. The van der Waals surface area contributed by atoms with E-state index >= 15 is 0 Å². The number of hydrogen-bond donors (Lipinski definition) is 2. The lowest BCUT2D eigenvalue weighted by molar-refractivity contribution is 0.257. The van der Waals surface area contributed by atoms with Crippen molar-refractivity contribution in [2.24, 2.45) is 5.73 Å². The van der Waals surface area contributed by atoms with E-state index < -0.39 is 6.03 Å². The van der Waals surface area contributed by atoms with Crippen LogP contribution < -0.4 is 10.0 Å². The molecule has 0 aromatic carbocycles. The van der Waals surface area contributed by atoms with Gasteiger partial charge in [0.05, 0.1) is 10.0 Å². The molecule has 7 heteroatoms. The predicted octanol–water partition coefficient (Wildman–Crippen LogP) is 2.12. The second-order valence-corrected chi connectivity index (χ2v) is 3.35. The van der Waals surface area contributed by atoms with Gasteiger partial charge >= 0.3 is 6.03 Å². The Kier molecular flexibility index (Phi) is 3.24. The van der Waals surface area contributed by atoms with Crippen LogP contribution in [0, 0.1) is 0 Å². The summed E-state index contributed by atoms with van der Waals surface area (Å²) in [4.78, 5) is 14.5. The average Bonchev–Trinajstić information content (AvgIpc) is 2.03. The van der Waals surface area contributed by atoms with Crippen LogP contribution in [-0.2, 0) is 0 Å². The minimum absolute atomic E-state index is 0.155. The van der Waals surface area contributed by atoms with Gasteiger partial charge < -0.3 is 5.73 Å². The normalized spacial score (nSPS) is 9.77. The second kappa shape index (κ2) is 4.04. The highest BCUT2D eigenvalue weighted by Gasteiger charge is 2.13. The van der Waals surface area contributed by atoms with Crippen molar-refractivity contribution in [2.75, 3.05) is 4.31 Å². The minimum atomic E-state index is -0.764. The molecule has 0 aliphatic heterocycles. The van der Waals surface area contributed by atoms with Crippen LogP contribution in [0.1, 0.15) is 0 Å². The molecule has 0 bridgehead atoms. The van der Waals surface area contributed by atoms with Crippen molar-refractivity contribution in [3.8, 4) is 0 Å². The van der Waals surface area contributed by atoms with Gasteiger partial charge in [-0.25, -0.2) is 14.1 Å². The van der Waals surface area contributed by atoms with Crippen molar-refractivity contribution in [2.45, 2.75) is 0 Å². The molecule has 13 heavy (non-hydrogen) atoms. The maximum atomic E-state index is 10.7. The van der Waals surface area contributed by atoms with Crippen LogP contribution in [0.2, 0.25) is 10.0 Å². The van der Waals surface area contributed by atoms with Gasteiger partial charge in [0.1, 0.15) is 0 Å². The molecule has 0 aliphatic rings. The smallest absolute Gasteiger partial charge is 0.330 e. The highest BCUT2D eigenvalue weighted by Crippen LogP contribution is 2.26. The number of primary amides is 1. The number of urea groups is 1. The molecule has 0 saturated heterocycles. The number of nitrogens with zero attached hydrogens (tertiary/aromatic N) is 2. The number of amides is 2. The third kappa shape index (κ3) is 2.40. The lowest BCUT2D eigenvalue weighted by Crippen LogP contribution is -2.28. The van der Waals surface area contributed by atoms with Crippen molar-refractivity contribution in [3.05, 3.63) is 22.3 Å². The molecule has 0 fully saturated rings. The molecule has 0 atom stereocenters. The predicted molar refractivity (Wildman–Crippen MR) is 55.3 cm³/mol. The minimum Gasteiger partial charge on any atom is -0.350 e. The zero-order valence-electron chi connectivity index (χ0n) is 6.24. The summed E-state index contributed by atoms with van der Waals surface area (Å²) in [7, 11) is 0. The van der Waals surface area contributed by atoms with Crippen LogP contribution in [0.3, 0.4) is 0 Å². The fourth-order valence-electron chi connectivity index (χ4n) is 0.668. The molecule has 2 N–H and O–H groups in total. The molecular weight excluding hydrogens is 233 g/mol. The van der Waals surface area contributed by atoms with Gasteiger partial charge in [0.15, 0.2) is 5.82 Å². The SMILES string of the molecule is NC(=O)N(S)c1ncc(Cl)cc1Cl. The summed E-state index contributed by atoms with van der Waals surface area (Å²) in [5, 5.41) is 0.584. The Morgan fingerprint density at radius 3 is 2.69 bits per heavy atom. The highest BCUT2D eigenvalue weighted by molar-refractivity contribution is 7.82. The van der Waals surface area contributed by atoms with E-state index in [2.05, 4.69) is 17.8 Å². The van der Waals surface area contributed by atoms with Gasteiger partial charge in [0.2, 0.25) is 0 Å². The van der Waals surface area contributed by atoms with Crippen LogP contribution in [0.5, 0.6) is 0 Å². The quantitative estimate of drug-likeness (QED) is 0.736. The largest absolute Gasteiger partial charge is 0.350 e. The summed E-state index contributed by atoms with van der Waals surface area (Å²) in [6, 6.07) is 0.678. The monoisotopic (exact) mass is 237 g/mol. The van der Waals surface area contributed by atoms with E-state index in [-0.39, 0.29) is 10.8 Å². The van der Waals surface area contributed by atoms with Crippen molar-refractivity contribution >= 4 is 47.9 Å². The molecule has 0 aliphatic carbocycles. The zero-order chi connectivity index (χ0) is 10.0. The first kappa shape index (κ1) is 10.4. The molecule has 1 heterocycles. The lowest BCUT2D eigenvalue weighted by Gasteiger charge is -2.12. The summed E-state index contributed by atoms with van der Waals surface area (Å²) in [6.07, 6.45) is 1.34. The molecule has 1 rings (SSSR count). The fourth-order valence-corrected chi connectivity index (χ4v) is 1.35. The topological polar surface area (TPSA) is 59.2 Å². The standard InChI is InChI=1S/C6H5Cl2N3OS/c7-3-1-4(8)5(10-2-3)11(13)6(9)12/h1-2,13H,(H2,9,12). The number of anilines is 1. The Hall–Kier alpha value is -0.650. The highest BCUT2D eigenvalue weighted by atomic mass is 35.5. The number of thiol groups is 1. The Balaban J connectivity index is 3.08. The van der Waals surface area contributed by atoms with Crippen LogP contribution in [-0.4, -0.2) is 11.0 Å². The Morgan fingerprint density at radius 2 is 2.23 bits per heavy atom. The van der Waals surface area contributed by atoms with Crippen molar-refractivity contribution in [1.29, 1.82) is 0 Å². The molecule has 1 aromatic heterocycles. The van der Waals surface area contributed by atoms with Crippen molar-refractivity contribution in [1.82, 2.24) is 4.98 Å². The maximum absolute atomic E-state index is 10.7. The third-order valence-electron chi connectivity index (χ3n) is 1.20. The lowest BCUT2D eigenvalue weighted by atomic mass is 10.4. The molecule has 1 aromatic rings. The van der Waals surface area contributed by atoms with Crippen LogP contribution in [0.15, 0.2) is 12.3 Å². The summed E-state index contributed by atoms with van der Waals surface area (Å²) < 4.78 is 0.832. The molecule has 2 amide bonds. The van der Waals surface area contributed by atoms with E-state index in [0.717, 1.165) is 4.31 Å². The number of rotatable bonds is 1. The maximum Gasteiger partial charge on any atom is 0.330 e. The van der Waals surface area contributed by atoms with Gasteiger partial charge in [-0.3, -0.25) is 0 Å². The van der Waals surface area contributed by atoms with Gasteiger partial charge in [-0.1, -0.05) is 36.0 Å². The summed E-state index contributed by atoms with van der Waals surface area (Å²) in [6.45, 7) is 0. The van der Waals surface area contributed by atoms with Crippen LogP contribution in [0.4, 0.5) is 10.6 Å². The van der Waals surface area contributed by atoms with Crippen LogP contribution >= 0.6 is 36.0 Å². The first-order valence-corrected chi connectivity index (χ1v) is 4.27. The molecule has 0 spiro atoms. The number of nitrogens with two attached hydrogens (primary N) is 1. The number of carbonyl (C=O) groups excluding carboxylic acids is 1. The first-order chi connectivity index (χ1) is 6.02. The van der Waals surface area contributed by atoms with Crippen molar-refractivity contribution < 1.29 is 4.79 Å². The summed E-state index contributed by atoms with van der Waals surface area (Å²) in [5.74, 6) is 0.155. The Labute approximate surface area is 90.2 Å². The number of aromatic nitrogens is 1.